The van der Waals surface area contributed by atoms with Crippen LogP contribution in [0.25, 0.3) is 22.3 Å². The summed E-state index contributed by atoms with van der Waals surface area (Å²) < 4.78 is 18.9. The SMILES string of the molecule is COc1cc(OC)cc(-c2noc(Cn3c(=O)n(C4CC4)c(=O)c4ccccc43)n2)c1. The molecule has 2 aromatic carbocycles. The molecular weight excluding hydrogens is 400 g/mol. The van der Waals surface area contributed by atoms with Gasteiger partial charge in [-0.3, -0.25) is 13.9 Å². The molecular formula is C22H20N4O5. The predicted molar refractivity (Wildman–Crippen MR) is 113 cm³/mol. The molecule has 0 bridgehead atoms. The van der Waals surface area contributed by atoms with Gasteiger partial charge in [-0.05, 0) is 37.1 Å². The summed E-state index contributed by atoms with van der Waals surface area (Å²) in [5.74, 6) is 1.80. The number of fused-ring (bicyclic) bond motifs is 1. The fraction of sp³-hybridized carbons (Fsp3) is 0.273. The van der Waals surface area contributed by atoms with E-state index in [1.165, 1.54) is 9.13 Å². The van der Waals surface area contributed by atoms with Gasteiger partial charge in [0.1, 0.15) is 18.0 Å². The average molecular weight is 420 g/mol. The van der Waals surface area contributed by atoms with Gasteiger partial charge in [0, 0.05) is 17.7 Å². The Hall–Kier alpha value is -3.88. The third kappa shape index (κ3) is 3.37. The van der Waals surface area contributed by atoms with Crippen molar-refractivity contribution in [2.24, 2.45) is 0 Å². The van der Waals surface area contributed by atoms with Gasteiger partial charge < -0.3 is 14.0 Å². The van der Waals surface area contributed by atoms with Gasteiger partial charge in [-0.25, -0.2) is 4.79 Å². The van der Waals surface area contributed by atoms with Gasteiger partial charge in [-0.1, -0.05) is 17.3 Å². The maximum Gasteiger partial charge on any atom is 0.332 e. The number of nitrogens with zero attached hydrogens (tertiary/aromatic N) is 4. The summed E-state index contributed by atoms with van der Waals surface area (Å²) in [5, 5.41) is 4.54. The van der Waals surface area contributed by atoms with Crippen LogP contribution in [0, 0.1) is 0 Å². The fourth-order valence-corrected chi connectivity index (χ4v) is 3.66. The van der Waals surface area contributed by atoms with Crippen molar-refractivity contribution < 1.29 is 14.0 Å². The Morgan fingerprint density at radius 3 is 2.45 bits per heavy atom. The van der Waals surface area contributed by atoms with Crippen LogP contribution < -0.4 is 20.7 Å². The second kappa shape index (κ2) is 7.42. The molecule has 31 heavy (non-hydrogen) atoms. The third-order valence-electron chi connectivity index (χ3n) is 5.36. The van der Waals surface area contributed by atoms with Crippen molar-refractivity contribution in [3.63, 3.8) is 0 Å². The van der Waals surface area contributed by atoms with Crippen LogP contribution in [-0.2, 0) is 6.54 Å². The van der Waals surface area contributed by atoms with E-state index >= 15 is 0 Å². The first-order valence-electron chi connectivity index (χ1n) is 9.89. The first-order chi connectivity index (χ1) is 15.1. The van der Waals surface area contributed by atoms with Gasteiger partial charge in [0.25, 0.3) is 5.56 Å². The van der Waals surface area contributed by atoms with Crippen LogP contribution >= 0.6 is 0 Å². The minimum absolute atomic E-state index is 0.0432. The third-order valence-corrected chi connectivity index (χ3v) is 5.36. The quantitative estimate of drug-likeness (QED) is 0.472. The Labute approximate surface area is 176 Å². The number of hydrogen-bond donors (Lipinski definition) is 0. The van der Waals surface area contributed by atoms with E-state index in [1.54, 1.807) is 56.7 Å². The number of aromatic nitrogens is 4. The molecule has 1 aliphatic carbocycles. The summed E-state index contributed by atoms with van der Waals surface area (Å²) in [4.78, 5) is 30.4. The summed E-state index contributed by atoms with van der Waals surface area (Å²) in [6.45, 7) is 0.0560. The predicted octanol–water partition coefficient (Wildman–Crippen LogP) is 2.61. The molecule has 0 aliphatic heterocycles. The number of ether oxygens (including phenoxy) is 2. The van der Waals surface area contributed by atoms with Crippen LogP contribution in [0.3, 0.4) is 0 Å². The van der Waals surface area contributed by atoms with E-state index in [4.69, 9.17) is 14.0 Å². The lowest BCUT2D eigenvalue weighted by Crippen LogP contribution is -2.39. The van der Waals surface area contributed by atoms with Crippen LogP contribution in [0.2, 0.25) is 0 Å². The van der Waals surface area contributed by atoms with E-state index in [0.29, 0.717) is 33.8 Å². The molecule has 1 saturated carbocycles. The van der Waals surface area contributed by atoms with Crippen LogP contribution in [-0.4, -0.2) is 33.5 Å². The molecule has 2 aromatic heterocycles. The molecule has 9 heteroatoms. The minimum atomic E-state index is -0.367. The molecule has 1 aliphatic rings. The summed E-state index contributed by atoms with van der Waals surface area (Å²) in [6, 6.07) is 12.3. The number of hydrogen-bond acceptors (Lipinski definition) is 7. The van der Waals surface area contributed by atoms with Crippen molar-refractivity contribution in [2.75, 3.05) is 14.2 Å². The van der Waals surface area contributed by atoms with Crippen LogP contribution in [0.4, 0.5) is 0 Å². The maximum absolute atomic E-state index is 13.1. The molecule has 0 N–H and O–H groups in total. The van der Waals surface area contributed by atoms with E-state index in [1.807, 2.05) is 0 Å². The van der Waals surface area contributed by atoms with Crippen molar-refractivity contribution in [1.29, 1.82) is 0 Å². The highest BCUT2D eigenvalue weighted by Crippen LogP contribution is 2.32. The molecule has 0 radical (unpaired) electrons. The molecule has 0 amide bonds. The van der Waals surface area contributed by atoms with Crippen molar-refractivity contribution >= 4 is 10.9 Å². The molecule has 5 rings (SSSR count). The van der Waals surface area contributed by atoms with Gasteiger partial charge in [-0.2, -0.15) is 4.98 Å². The topological polar surface area (TPSA) is 101 Å². The number of benzene rings is 2. The van der Waals surface area contributed by atoms with Crippen LogP contribution in [0.5, 0.6) is 11.5 Å². The molecule has 158 valence electrons. The van der Waals surface area contributed by atoms with E-state index in [9.17, 15) is 9.59 Å². The van der Waals surface area contributed by atoms with Crippen molar-refractivity contribution in [3.8, 4) is 22.9 Å². The van der Waals surface area contributed by atoms with Crippen molar-refractivity contribution in [1.82, 2.24) is 19.3 Å². The summed E-state index contributed by atoms with van der Waals surface area (Å²) in [7, 11) is 3.12. The van der Waals surface area contributed by atoms with Crippen LogP contribution in [0.1, 0.15) is 24.8 Å². The zero-order chi connectivity index (χ0) is 21.5. The Morgan fingerprint density at radius 1 is 1.06 bits per heavy atom. The number of methoxy groups -OCH3 is 2. The zero-order valence-electron chi connectivity index (χ0n) is 17.1. The first-order valence-corrected chi connectivity index (χ1v) is 9.89. The molecule has 1 fully saturated rings. The monoisotopic (exact) mass is 420 g/mol. The molecule has 0 spiro atoms. The van der Waals surface area contributed by atoms with Crippen molar-refractivity contribution in [3.05, 3.63) is 69.2 Å². The first kappa shape index (κ1) is 19.1. The summed E-state index contributed by atoms with van der Waals surface area (Å²) >= 11 is 0. The second-order valence-electron chi connectivity index (χ2n) is 7.41. The van der Waals surface area contributed by atoms with Crippen LogP contribution in [0.15, 0.2) is 56.6 Å². The largest absolute Gasteiger partial charge is 0.497 e. The summed E-state index contributed by atoms with van der Waals surface area (Å²) in [5.41, 5.74) is 0.576. The standard InChI is InChI=1S/C22H20N4O5/c1-29-15-9-13(10-16(11-15)30-2)20-23-19(31-24-20)12-25-18-6-4-3-5-17(18)21(27)26(22(25)28)14-7-8-14/h3-6,9-11,14H,7-8,12H2,1-2H3. The molecule has 4 aromatic rings. The van der Waals surface area contributed by atoms with E-state index in [0.717, 1.165) is 12.8 Å². The fourth-order valence-electron chi connectivity index (χ4n) is 3.66. The van der Waals surface area contributed by atoms with Gasteiger partial charge in [0.05, 0.1) is 25.1 Å². The normalized spacial score (nSPS) is 13.5. The lowest BCUT2D eigenvalue weighted by atomic mass is 10.2. The summed E-state index contributed by atoms with van der Waals surface area (Å²) in [6.07, 6.45) is 1.66. The lowest BCUT2D eigenvalue weighted by molar-refractivity contribution is 0.369. The van der Waals surface area contributed by atoms with Gasteiger partial charge in [-0.15, -0.1) is 0 Å². The lowest BCUT2D eigenvalue weighted by Gasteiger charge is -2.12. The number of rotatable bonds is 6. The average Bonchev–Trinajstić information content (AvgIpc) is 3.52. The Bertz CT molecular complexity index is 1380. The van der Waals surface area contributed by atoms with Crippen molar-refractivity contribution in [2.45, 2.75) is 25.4 Å². The molecule has 0 saturated heterocycles. The smallest absolute Gasteiger partial charge is 0.332 e. The van der Waals surface area contributed by atoms with E-state index < -0.39 is 0 Å². The van der Waals surface area contributed by atoms with Gasteiger partial charge in [0.2, 0.25) is 11.7 Å². The van der Waals surface area contributed by atoms with E-state index in [-0.39, 0.29) is 29.7 Å². The highest BCUT2D eigenvalue weighted by atomic mass is 16.5. The Balaban J connectivity index is 1.57. The Kier molecular flexibility index (Phi) is 4.58. The highest BCUT2D eigenvalue weighted by molar-refractivity contribution is 5.78. The zero-order valence-corrected chi connectivity index (χ0v) is 17.1. The maximum atomic E-state index is 13.1. The second-order valence-corrected chi connectivity index (χ2v) is 7.41. The number of para-hydroxylation sites is 1. The minimum Gasteiger partial charge on any atom is -0.497 e. The Morgan fingerprint density at radius 2 is 1.77 bits per heavy atom. The highest BCUT2D eigenvalue weighted by Gasteiger charge is 2.29. The van der Waals surface area contributed by atoms with E-state index in [2.05, 4.69) is 10.1 Å². The van der Waals surface area contributed by atoms with Gasteiger partial charge in [0.15, 0.2) is 0 Å². The molecule has 0 unspecified atom stereocenters. The molecule has 9 nitrogen and oxygen atoms in total. The van der Waals surface area contributed by atoms with Gasteiger partial charge >= 0.3 is 5.69 Å². The molecule has 2 heterocycles. The molecule has 0 atom stereocenters.